The molecule has 0 atom stereocenters. The first-order valence-corrected chi connectivity index (χ1v) is 17.3. The van der Waals surface area contributed by atoms with Gasteiger partial charge in [0, 0.05) is 0 Å². The lowest BCUT2D eigenvalue weighted by Crippen LogP contribution is -3.00. The Balaban J connectivity index is 0.00000150. The van der Waals surface area contributed by atoms with Crippen LogP contribution in [0.1, 0.15) is 22.8 Å². The van der Waals surface area contributed by atoms with Crippen molar-refractivity contribution in [2.75, 3.05) is 0 Å². The minimum Gasteiger partial charge on any atom is -1.00 e. The van der Waals surface area contributed by atoms with Crippen LogP contribution in [0.4, 0.5) is 0 Å². The van der Waals surface area contributed by atoms with Crippen molar-refractivity contribution in [2.24, 2.45) is 56.4 Å². The summed E-state index contributed by atoms with van der Waals surface area (Å²) >= 11 is 0. The molecule has 0 amide bonds. The van der Waals surface area contributed by atoms with E-state index < -0.39 is 0 Å². The minimum absolute atomic E-state index is 0. The van der Waals surface area contributed by atoms with Crippen molar-refractivity contribution >= 4 is 46.4 Å². The normalized spacial score (nSPS) is 11.6. The van der Waals surface area contributed by atoms with E-state index in [4.69, 9.17) is 9.97 Å². The molecule has 0 aromatic carbocycles. The molecule has 2 aliphatic heterocycles. The van der Waals surface area contributed by atoms with Gasteiger partial charge in [0.25, 0.3) is 23.3 Å². The van der Waals surface area contributed by atoms with E-state index in [1.807, 2.05) is 0 Å². The second-order valence-corrected chi connectivity index (χ2v) is 13.9. The standard InChI is InChI=1S/C40H41N12.4ClH/c1-45-17-18-46(2)37(45)33-25-9-11-27(41-25)34(38-47(3)19-20-48(38)4)29-13-15-31(43-29)36(40-51(7)23-24-52(40)8)32-16-14-30(44-32)35(28-12-10-26(33)42-28)39-49(5)21-22-50(39)6;;;;/h9-24H,1-8H3,(H,41,42,43,44);4*1H/q+3;;;;/p-3. The zero-order valence-electron chi connectivity index (χ0n) is 32.2. The quantitative estimate of drug-likeness (QED) is 0.173. The second-order valence-electron chi connectivity index (χ2n) is 13.9. The highest BCUT2D eigenvalue weighted by Crippen LogP contribution is 2.36. The monoisotopic (exact) mass is 830 g/mol. The molecule has 0 radical (unpaired) electrons. The molecule has 0 aliphatic carbocycles. The molecule has 9 heterocycles. The van der Waals surface area contributed by atoms with Gasteiger partial charge in [-0.05, 0) is 48.6 Å². The first-order valence-electron chi connectivity index (χ1n) is 17.3. The molecule has 0 spiro atoms. The van der Waals surface area contributed by atoms with Crippen LogP contribution in [0.3, 0.4) is 0 Å². The fourth-order valence-electron chi connectivity index (χ4n) is 7.92. The zero-order chi connectivity index (χ0) is 36.0. The number of aromatic nitrogens is 12. The number of hydrogen-bond acceptors (Lipinski definition) is 2. The highest BCUT2D eigenvalue weighted by molar-refractivity contribution is 5.97. The number of halogens is 4. The molecular formula is C40H42Cl4N12. The Kier molecular flexibility index (Phi) is 11.6. The van der Waals surface area contributed by atoms with Gasteiger partial charge in [-0.25, -0.2) is 46.5 Å². The minimum atomic E-state index is 0. The molecule has 7 aromatic heterocycles. The van der Waals surface area contributed by atoms with E-state index in [2.05, 4.69) is 201 Å². The highest BCUT2D eigenvalue weighted by atomic mass is 35.5. The predicted octanol–water partition coefficient (Wildman–Crippen LogP) is -8.01. The number of nitrogens with one attached hydrogen (secondary N) is 2. The molecule has 0 unspecified atom stereocenters. The summed E-state index contributed by atoms with van der Waals surface area (Å²) in [6.45, 7) is 0. The van der Waals surface area contributed by atoms with Crippen LogP contribution in [0.5, 0.6) is 0 Å². The van der Waals surface area contributed by atoms with Gasteiger partial charge in [-0.15, -0.1) is 0 Å². The third kappa shape index (κ3) is 6.46. The molecular weight excluding hydrogens is 790 g/mol. The van der Waals surface area contributed by atoms with Crippen LogP contribution in [-0.2, 0) is 56.4 Å². The number of H-pyrrole nitrogens is 2. The predicted molar refractivity (Wildman–Crippen MR) is 201 cm³/mol. The molecule has 9 rings (SSSR count). The van der Waals surface area contributed by atoms with Crippen LogP contribution >= 0.6 is 0 Å². The van der Waals surface area contributed by atoms with Gasteiger partial charge in [-0.1, -0.05) is 0 Å². The lowest BCUT2D eigenvalue weighted by Gasteiger charge is -2.04. The Bertz CT molecular complexity index is 2400. The molecule has 290 valence electrons. The molecule has 8 bridgehead atoms. The smallest absolute Gasteiger partial charge is 0.292 e. The van der Waals surface area contributed by atoms with E-state index in [9.17, 15) is 0 Å². The summed E-state index contributed by atoms with van der Waals surface area (Å²) in [5.74, 6) is 4.12. The molecule has 7 aromatic rings. The Morgan fingerprint density at radius 1 is 0.393 bits per heavy atom. The summed E-state index contributed by atoms with van der Waals surface area (Å²) in [7, 11) is 16.6. The lowest BCUT2D eigenvalue weighted by molar-refractivity contribution is -0.659. The van der Waals surface area contributed by atoms with Crippen molar-refractivity contribution in [2.45, 2.75) is 0 Å². The van der Waals surface area contributed by atoms with E-state index in [0.29, 0.717) is 0 Å². The Hall–Kier alpha value is -5.40. The largest absolute Gasteiger partial charge is 1.00 e. The van der Waals surface area contributed by atoms with Crippen LogP contribution in [0.2, 0.25) is 0 Å². The molecule has 0 saturated heterocycles. The number of aromatic amines is 2. The third-order valence-corrected chi connectivity index (χ3v) is 10.4. The summed E-state index contributed by atoms with van der Waals surface area (Å²) in [4.78, 5) is 18.6. The number of aryl methyl sites for hydroxylation is 8. The topological polar surface area (TPSA) is 92.6 Å². The van der Waals surface area contributed by atoms with Crippen molar-refractivity contribution in [1.82, 2.24) is 38.2 Å². The molecule has 56 heavy (non-hydrogen) atoms. The highest BCUT2D eigenvalue weighted by Gasteiger charge is 2.29. The molecule has 16 heteroatoms. The summed E-state index contributed by atoms with van der Waals surface area (Å²) in [5, 5.41) is 0. The van der Waals surface area contributed by atoms with E-state index in [0.717, 1.165) is 90.4 Å². The summed E-state index contributed by atoms with van der Waals surface area (Å²) < 4.78 is 17.2. The van der Waals surface area contributed by atoms with Gasteiger partial charge in [0.2, 0.25) is 0 Å². The number of imidazole rings is 4. The van der Waals surface area contributed by atoms with Crippen LogP contribution < -0.4 is 67.9 Å². The zero-order valence-corrected chi connectivity index (χ0v) is 35.2. The maximum Gasteiger partial charge on any atom is 0.292 e. The van der Waals surface area contributed by atoms with Crippen molar-refractivity contribution in [3.8, 4) is 45.6 Å². The molecule has 2 N–H and O–H groups in total. The fourth-order valence-corrected chi connectivity index (χ4v) is 7.92. The van der Waals surface area contributed by atoms with Gasteiger partial charge in [-0.3, -0.25) is 0 Å². The molecule has 12 nitrogen and oxygen atoms in total. The van der Waals surface area contributed by atoms with Gasteiger partial charge in [0.05, 0.1) is 101 Å². The van der Waals surface area contributed by atoms with Gasteiger partial charge >= 0.3 is 0 Å². The van der Waals surface area contributed by atoms with Gasteiger partial charge < -0.3 is 59.6 Å². The average Bonchev–Trinajstić information content (AvgIpc) is 3.98. The molecule has 2 aliphatic rings. The molecule has 0 fully saturated rings. The average molecular weight is 833 g/mol. The van der Waals surface area contributed by atoms with Crippen molar-refractivity contribution < 1.29 is 67.9 Å². The maximum atomic E-state index is 5.44. The van der Waals surface area contributed by atoms with Crippen molar-refractivity contribution in [3.05, 3.63) is 96.6 Å². The Labute approximate surface area is 349 Å². The molecule has 0 saturated carbocycles. The van der Waals surface area contributed by atoms with E-state index in [1.165, 1.54) is 0 Å². The number of nitrogens with zero attached hydrogens (tertiary/aromatic N) is 10. The third-order valence-electron chi connectivity index (χ3n) is 10.4. The summed E-state index contributed by atoms with van der Waals surface area (Å²) in [6.07, 6.45) is 25.2. The van der Waals surface area contributed by atoms with Crippen molar-refractivity contribution in [3.63, 3.8) is 0 Å². The Morgan fingerprint density at radius 3 is 0.786 bits per heavy atom. The lowest BCUT2D eigenvalue weighted by atomic mass is 10.1. The fraction of sp³-hybridized carbons (Fsp3) is 0.200. The van der Waals surface area contributed by atoms with Crippen LogP contribution in [0, 0.1) is 0 Å². The van der Waals surface area contributed by atoms with Crippen LogP contribution in [0.15, 0.2) is 73.8 Å². The van der Waals surface area contributed by atoms with E-state index in [-0.39, 0.29) is 49.6 Å². The van der Waals surface area contributed by atoms with Crippen molar-refractivity contribution in [1.29, 1.82) is 0 Å². The van der Waals surface area contributed by atoms with Gasteiger partial charge in [0.15, 0.2) is 0 Å². The second kappa shape index (κ2) is 15.6. The summed E-state index contributed by atoms with van der Waals surface area (Å²) in [6, 6.07) is 8.66. The SMILES string of the molecule is Cn1cc[n+](C)c1-c1c2nc(c(-c3n(C)cc[n+]3C)c3ccc([nH]3)c(-c3n(C)cc[n+]3C)c3nc(c(-c4n(C)cc[n+]4C)c4ccc1[nH]4)C=C3)C=C2.[Cl-].[Cl-].[Cl-].[Cl-]. The maximum absolute atomic E-state index is 5.44. The van der Waals surface area contributed by atoms with E-state index in [1.54, 1.807) is 0 Å². The first-order chi connectivity index (χ1) is 25.1. The van der Waals surface area contributed by atoms with Crippen LogP contribution in [0.25, 0.3) is 91.9 Å². The van der Waals surface area contributed by atoms with Crippen LogP contribution in [-0.4, -0.2) is 38.2 Å². The van der Waals surface area contributed by atoms with Gasteiger partial charge in [0.1, 0.15) is 71.8 Å². The van der Waals surface area contributed by atoms with E-state index >= 15 is 0 Å². The number of hydrogen-bond donors (Lipinski definition) is 2. The summed E-state index contributed by atoms with van der Waals surface area (Å²) in [5.41, 5.74) is 11.3. The number of fused-ring (bicyclic) bond motifs is 8. The first kappa shape index (κ1) is 41.8. The number of rotatable bonds is 4. The van der Waals surface area contributed by atoms with Gasteiger partial charge in [-0.2, -0.15) is 0 Å². The Morgan fingerprint density at radius 2 is 0.607 bits per heavy atom.